The molecule has 1 aliphatic heterocycles. The van der Waals surface area contributed by atoms with E-state index in [4.69, 9.17) is 5.73 Å². The number of benzene rings is 3. The Bertz CT molecular complexity index is 1420. The van der Waals surface area contributed by atoms with Gasteiger partial charge in [-0.2, -0.15) is 5.21 Å². The minimum atomic E-state index is -0.398. The van der Waals surface area contributed by atoms with Crippen molar-refractivity contribution in [2.75, 3.05) is 4.90 Å². The number of carbonyl (C=O) groups is 1. The molecule has 4 N–H and O–H groups in total. The average Bonchev–Trinajstić information content (AvgIpc) is 3.40. The van der Waals surface area contributed by atoms with Gasteiger partial charge in [0.15, 0.2) is 0 Å². The molecule has 0 spiro atoms. The van der Waals surface area contributed by atoms with E-state index in [2.05, 4.69) is 62.9 Å². The summed E-state index contributed by atoms with van der Waals surface area (Å²) in [5, 5.41) is 17.9. The van der Waals surface area contributed by atoms with Crippen LogP contribution in [0.3, 0.4) is 0 Å². The molecule has 0 saturated heterocycles. The van der Waals surface area contributed by atoms with Crippen molar-refractivity contribution >= 4 is 11.6 Å². The van der Waals surface area contributed by atoms with Crippen molar-refractivity contribution < 1.29 is 4.79 Å². The molecule has 1 atom stereocenters. The van der Waals surface area contributed by atoms with Crippen LogP contribution in [0.4, 0.5) is 5.69 Å². The summed E-state index contributed by atoms with van der Waals surface area (Å²) in [5.41, 5.74) is 12.7. The number of rotatable bonds is 8. The van der Waals surface area contributed by atoms with E-state index in [0.29, 0.717) is 25.2 Å². The van der Waals surface area contributed by atoms with Crippen LogP contribution in [0.15, 0.2) is 85.1 Å². The molecule has 1 amide bonds. The molecule has 8 nitrogen and oxygen atoms in total. The first-order chi connectivity index (χ1) is 18.3. The molecular weight excluding hydrogens is 474 g/mol. The van der Waals surface area contributed by atoms with Crippen molar-refractivity contribution in [2.24, 2.45) is 5.73 Å². The normalized spacial score (nSPS) is 15.6. The Hall–Kier alpha value is -4.30. The number of nitrogens with zero attached hydrogens (tertiary/aromatic N) is 4. The van der Waals surface area contributed by atoms with E-state index in [1.165, 1.54) is 5.56 Å². The van der Waals surface area contributed by atoms with Crippen molar-refractivity contribution in [3.8, 4) is 22.5 Å². The number of aromatic amines is 1. The fourth-order valence-electron chi connectivity index (χ4n) is 5.04. The van der Waals surface area contributed by atoms with Crippen LogP contribution in [0.5, 0.6) is 0 Å². The van der Waals surface area contributed by atoms with E-state index < -0.39 is 5.54 Å². The van der Waals surface area contributed by atoms with Crippen molar-refractivity contribution in [3.05, 3.63) is 96.2 Å². The molecule has 38 heavy (non-hydrogen) atoms. The highest BCUT2D eigenvalue weighted by Gasteiger charge is 2.31. The van der Waals surface area contributed by atoms with Gasteiger partial charge in [0.25, 0.3) is 0 Å². The summed E-state index contributed by atoms with van der Waals surface area (Å²) in [4.78, 5) is 15.7. The Morgan fingerprint density at radius 1 is 1.08 bits per heavy atom. The van der Waals surface area contributed by atoms with Crippen LogP contribution < -0.4 is 16.0 Å². The first-order valence-corrected chi connectivity index (χ1v) is 12.8. The lowest BCUT2D eigenvalue weighted by atomic mass is 9.98. The number of aryl methyl sites for hydroxylation is 1. The Balaban J connectivity index is 1.40. The van der Waals surface area contributed by atoms with Gasteiger partial charge in [0.05, 0.1) is 6.54 Å². The third kappa shape index (κ3) is 5.65. The highest BCUT2D eigenvalue weighted by molar-refractivity contribution is 5.98. The predicted molar refractivity (Wildman–Crippen MR) is 150 cm³/mol. The lowest BCUT2D eigenvalue weighted by Gasteiger charge is -2.29. The number of tetrazole rings is 1. The Morgan fingerprint density at radius 2 is 1.79 bits per heavy atom. The van der Waals surface area contributed by atoms with Gasteiger partial charge in [-0.05, 0) is 60.2 Å². The fraction of sp³-hybridized carbons (Fsp3) is 0.267. The zero-order valence-corrected chi connectivity index (χ0v) is 21.8. The van der Waals surface area contributed by atoms with Crippen LogP contribution >= 0.6 is 0 Å². The second-order valence-electron chi connectivity index (χ2n) is 10.5. The molecule has 1 aromatic heterocycles. The summed E-state index contributed by atoms with van der Waals surface area (Å²) in [6.45, 7) is 8.53. The molecule has 1 aliphatic rings. The lowest BCUT2D eigenvalue weighted by Crippen LogP contribution is -2.46. The maximum atomic E-state index is 13.8. The lowest BCUT2D eigenvalue weighted by molar-refractivity contribution is -0.120. The van der Waals surface area contributed by atoms with E-state index in [0.717, 1.165) is 40.1 Å². The first-order valence-electron chi connectivity index (χ1n) is 12.8. The molecule has 5 rings (SSSR count). The number of carbonyl (C=O) groups excluding carboxylic acids is 1. The number of hydrogen-bond donors (Lipinski definition) is 3. The summed E-state index contributed by atoms with van der Waals surface area (Å²) in [6.07, 6.45) is 2.10. The van der Waals surface area contributed by atoms with Crippen LogP contribution in [-0.2, 0) is 17.8 Å². The summed E-state index contributed by atoms with van der Waals surface area (Å²) < 4.78 is 0. The molecule has 2 heterocycles. The molecule has 8 heteroatoms. The summed E-state index contributed by atoms with van der Waals surface area (Å²) in [6, 6.07) is 24.0. The van der Waals surface area contributed by atoms with E-state index in [9.17, 15) is 4.79 Å². The fourth-order valence-corrected chi connectivity index (χ4v) is 5.04. The number of fused-ring (bicyclic) bond motifs is 1. The second kappa shape index (κ2) is 10.6. The van der Waals surface area contributed by atoms with Gasteiger partial charge < -0.3 is 16.0 Å². The smallest absolute Gasteiger partial charge is 0.249 e. The van der Waals surface area contributed by atoms with Gasteiger partial charge in [0, 0.05) is 28.9 Å². The minimum absolute atomic E-state index is 0.0393. The van der Waals surface area contributed by atoms with E-state index in [1.54, 1.807) is 0 Å². The quantitative estimate of drug-likeness (QED) is 0.321. The summed E-state index contributed by atoms with van der Waals surface area (Å²) in [5.74, 6) is 0.590. The monoisotopic (exact) mass is 507 g/mol. The highest BCUT2D eigenvalue weighted by Crippen LogP contribution is 2.32. The molecule has 0 bridgehead atoms. The standard InChI is InChI=1S/C30H33N7O/c1-20(18-30(2,3)31)32-26-17-16-23-8-4-7-11-27(23)37(29(26)38)19-21-12-14-22(15-13-21)24-9-5-6-10-25(24)28-33-35-36-34-28/h4-15,26,32H,1,16-19,31H2,2-3H3,(H,33,34,35,36). The van der Waals surface area contributed by atoms with Gasteiger partial charge >= 0.3 is 0 Å². The largest absolute Gasteiger partial charge is 0.377 e. The molecule has 0 fully saturated rings. The molecular formula is C30H33N7O. The zero-order chi connectivity index (χ0) is 26.7. The molecule has 4 aromatic rings. The maximum Gasteiger partial charge on any atom is 0.249 e. The zero-order valence-electron chi connectivity index (χ0n) is 21.8. The van der Waals surface area contributed by atoms with Gasteiger partial charge in [0.2, 0.25) is 11.7 Å². The van der Waals surface area contributed by atoms with Gasteiger partial charge in [-0.3, -0.25) is 4.79 Å². The number of nitrogens with one attached hydrogen (secondary N) is 2. The molecule has 0 radical (unpaired) electrons. The second-order valence-corrected chi connectivity index (χ2v) is 10.5. The van der Waals surface area contributed by atoms with Crippen molar-refractivity contribution in [1.82, 2.24) is 25.9 Å². The Morgan fingerprint density at radius 3 is 2.50 bits per heavy atom. The van der Waals surface area contributed by atoms with Crippen LogP contribution in [0, 0.1) is 0 Å². The minimum Gasteiger partial charge on any atom is -0.377 e. The van der Waals surface area contributed by atoms with Crippen molar-refractivity contribution in [1.29, 1.82) is 0 Å². The van der Waals surface area contributed by atoms with Crippen molar-refractivity contribution in [2.45, 2.75) is 51.2 Å². The number of para-hydroxylation sites is 1. The predicted octanol–water partition coefficient (Wildman–Crippen LogP) is 4.61. The first kappa shape index (κ1) is 25.4. The number of aromatic nitrogens is 4. The van der Waals surface area contributed by atoms with Crippen LogP contribution in [-0.4, -0.2) is 38.1 Å². The average molecular weight is 508 g/mol. The summed E-state index contributed by atoms with van der Waals surface area (Å²) in [7, 11) is 0. The molecule has 1 unspecified atom stereocenters. The SMILES string of the molecule is C=C(CC(C)(C)N)NC1CCc2ccccc2N(Cc2ccc(-c3ccccc3-c3nn[nH]n3)cc2)C1=O. The number of amides is 1. The van der Waals surface area contributed by atoms with Gasteiger partial charge in [0.1, 0.15) is 6.04 Å². The van der Waals surface area contributed by atoms with Gasteiger partial charge in [-0.25, -0.2) is 0 Å². The van der Waals surface area contributed by atoms with Crippen LogP contribution in [0.1, 0.15) is 37.8 Å². The maximum absolute atomic E-state index is 13.8. The number of anilines is 1. The topological polar surface area (TPSA) is 113 Å². The molecule has 194 valence electrons. The van der Waals surface area contributed by atoms with E-state index in [-0.39, 0.29) is 11.9 Å². The molecule has 0 aliphatic carbocycles. The third-order valence-electron chi connectivity index (χ3n) is 6.72. The number of H-pyrrole nitrogens is 1. The van der Waals surface area contributed by atoms with Crippen LogP contribution in [0.2, 0.25) is 0 Å². The summed E-state index contributed by atoms with van der Waals surface area (Å²) >= 11 is 0. The Kier molecular flexibility index (Phi) is 7.07. The van der Waals surface area contributed by atoms with E-state index >= 15 is 0 Å². The highest BCUT2D eigenvalue weighted by atomic mass is 16.2. The van der Waals surface area contributed by atoms with E-state index in [1.807, 2.05) is 61.2 Å². The molecule has 3 aromatic carbocycles. The number of hydrogen-bond acceptors (Lipinski definition) is 6. The van der Waals surface area contributed by atoms with Crippen LogP contribution in [0.25, 0.3) is 22.5 Å². The van der Waals surface area contributed by atoms with Gasteiger partial charge in [-0.1, -0.05) is 73.3 Å². The third-order valence-corrected chi connectivity index (χ3v) is 6.72. The van der Waals surface area contributed by atoms with Crippen molar-refractivity contribution in [3.63, 3.8) is 0 Å². The van der Waals surface area contributed by atoms with Gasteiger partial charge in [-0.15, -0.1) is 10.2 Å². The molecule has 0 saturated carbocycles. The number of nitrogens with two attached hydrogens (primary N) is 1. The Labute approximate surface area is 223 Å².